The first-order valence-electron chi connectivity index (χ1n) is 3.49. The number of urea groups is 1. The van der Waals surface area contributed by atoms with Crippen molar-refractivity contribution in [2.45, 2.75) is 12.1 Å². The van der Waals surface area contributed by atoms with Crippen molar-refractivity contribution in [1.82, 2.24) is 10.4 Å². The molecule has 2 aliphatic heterocycles. The number of hydrogen-bond acceptors (Lipinski definition) is 4. The van der Waals surface area contributed by atoms with Gasteiger partial charge in [-0.1, -0.05) is 0 Å². The largest absolute Gasteiger partial charge is 0.341 e. The van der Waals surface area contributed by atoms with Crippen LogP contribution in [-0.2, 0) is 9.84 Å². The highest BCUT2D eigenvalue weighted by atomic mass is 32.2. The number of carbonyl (C=O) groups is 1. The van der Waals surface area contributed by atoms with E-state index in [-0.39, 0.29) is 11.5 Å². The van der Waals surface area contributed by atoms with Gasteiger partial charge in [0, 0.05) is 0 Å². The fourth-order valence-electron chi connectivity index (χ4n) is 1.58. The minimum atomic E-state index is -3.08. The molecule has 0 bridgehead atoms. The number of nitrogens with one attached hydrogen (secondary N) is 1. The molecule has 0 aromatic carbocycles. The molecule has 2 atom stereocenters. The zero-order valence-electron chi connectivity index (χ0n) is 6.10. The summed E-state index contributed by atoms with van der Waals surface area (Å²) in [4.78, 5) is 10.8. The molecule has 0 spiro atoms. The van der Waals surface area contributed by atoms with Gasteiger partial charge in [-0.05, 0) is 0 Å². The fraction of sp³-hybridized carbons (Fsp3) is 0.800. The Labute approximate surface area is 69.0 Å². The Kier molecular flexibility index (Phi) is 1.37. The molecular formula is C5H8N2O4S. The van der Waals surface area contributed by atoms with Gasteiger partial charge in [0.05, 0.1) is 23.6 Å². The Morgan fingerprint density at radius 2 is 2.17 bits per heavy atom. The van der Waals surface area contributed by atoms with E-state index < -0.39 is 28.0 Å². The summed E-state index contributed by atoms with van der Waals surface area (Å²) in [5.41, 5.74) is 0. The smallest absolute Gasteiger partial charge is 0.330 e. The average molecular weight is 192 g/mol. The first kappa shape index (κ1) is 7.81. The maximum absolute atomic E-state index is 11.0. The molecule has 2 saturated heterocycles. The maximum Gasteiger partial charge on any atom is 0.341 e. The summed E-state index contributed by atoms with van der Waals surface area (Å²) in [6.07, 6.45) is 0. The van der Waals surface area contributed by atoms with Gasteiger partial charge in [-0.25, -0.2) is 13.2 Å². The predicted octanol–water partition coefficient (Wildman–Crippen LogP) is -1.43. The summed E-state index contributed by atoms with van der Waals surface area (Å²) in [5.74, 6) is -0.215. The third kappa shape index (κ3) is 0.969. The number of fused-ring (bicyclic) bond motifs is 1. The molecule has 0 aromatic rings. The Bertz CT molecular complexity index is 324. The Morgan fingerprint density at radius 3 is 2.75 bits per heavy atom. The van der Waals surface area contributed by atoms with E-state index in [0.29, 0.717) is 5.06 Å². The van der Waals surface area contributed by atoms with Gasteiger partial charge in [0.1, 0.15) is 0 Å². The molecule has 2 heterocycles. The SMILES string of the molecule is O=C1NC2CS(=O)(=O)CC2N1O. The normalized spacial score (nSPS) is 38.1. The molecule has 2 aliphatic rings. The van der Waals surface area contributed by atoms with E-state index >= 15 is 0 Å². The number of hydroxylamine groups is 2. The molecule has 0 saturated carbocycles. The third-order valence-corrected chi connectivity index (χ3v) is 3.87. The van der Waals surface area contributed by atoms with Crippen molar-refractivity contribution < 1.29 is 18.4 Å². The van der Waals surface area contributed by atoms with Crippen LogP contribution >= 0.6 is 0 Å². The second-order valence-electron chi connectivity index (χ2n) is 3.04. The minimum Gasteiger partial charge on any atom is -0.330 e. The highest BCUT2D eigenvalue weighted by Crippen LogP contribution is 2.21. The second-order valence-corrected chi connectivity index (χ2v) is 5.20. The Morgan fingerprint density at radius 1 is 1.50 bits per heavy atom. The maximum atomic E-state index is 11.0. The van der Waals surface area contributed by atoms with Crippen LogP contribution in [0, 0.1) is 0 Å². The van der Waals surface area contributed by atoms with E-state index in [1.807, 2.05) is 0 Å². The highest BCUT2D eigenvalue weighted by Gasteiger charge is 2.48. The van der Waals surface area contributed by atoms with Crippen LogP contribution in [0.4, 0.5) is 4.79 Å². The van der Waals surface area contributed by atoms with Crippen molar-refractivity contribution in [3.8, 4) is 0 Å². The summed E-state index contributed by atoms with van der Waals surface area (Å²) in [7, 11) is -3.08. The van der Waals surface area contributed by atoms with E-state index in [9.17, 15) is 13.2 Å². The number of amides is 2. The summed E-state index contributed by atoms with van der Waals surface area (Å²) >= 11 is 0. The van der Waals surface area contributed by atoms with E-state index in [1.54, 1.807) is 0 Å². The molecule has 2 unspecified atom stereocenters. The van der Waals surface area contributed by atoms with Gasteiger partial charge < -0.3 is 5.32 Å². The van der Waals surface area contributed by atoms with Crippen LogP contribution < -0.4 is 5.32 Å². The lowest BCUT2D eigenvalue weighted by atomic mass is 10.2. The van der Waals surface area contributed by atoms with E-state index in [1.165, 1.54) is 0 Å². The van der Waals surface area contributed by atoms with Gasteiger partial charge in [-0.3, -0.25) is 5.21 Å². The van der Waals surface area contributed by atoms with Gasteiger partial charge in [0.25, 0.3) is 0 Å². The van der Waals surface area contributed by atoms with Gasteiger partial charge >= 0.3 is 6.03 Å². The number of sulfone groups is 1. The van der Waals surface area contributed by atoms with Crippen molar-refractivity contribution in [1.29, 1.82) is 0 Å². The number of carbonyl (C=O) groups excluding carboxylic acids is 1. The summed E-state index contributed by atoms with van der Waals surface area (Å²) in [6, 6.07) is -1.64. The van der Waals surface area contributed by atoms with Gasteiger partial charge in [0.2, 0.25) is 0 Å². The van der Waals surface area contributed by atoms with Crippen LogP contribution in [0.15, 0.2) is 0 Å². The topological polar surface area (TPSA) is 86.7 Å². The zero-order chi connectivity index (χ0) is 8.93. The lowest BCUT2D eigenvalue weighted by molar-refractivity contribution is -0.0535. The number of rotatable bonds is 0. The molecule has 2 fully saturated rings. The first-order chi connectivity index (χ1) is 5.49. The quantitative estimate of drug-likeness (QED) is 0.364. The van der Waals surface area contributed by atoms with Crippen LogP contribution in [0.1, 0.15) is 0 Å². The number of hydrogen-bond donors (Lipinski definition) is 2. The molecular weight excluding hydrogens is 184 g/mol. The number of nitrogens with zero attached hydrogens (tertiary/aromatic N) is 1. The van der Waals surface area contributed by atoms with Gasteiger partial charge in [0.15, 0.2) is 9.84 Å². The molecule has 6 nitrogen and oxygen atoms in total. The minimum absolute atomic E-state index is 0.0690. The molecule has 2 rings (SSSR count). The van der Waals surface area contributed by atoms with Crippen LogP contribution in [0.2, 0.25) is 0 Å². The Hall–Kier alpha value is -0.820. The Balaban J connectivity index is 2.27. The molecule has 0 aromatic heterocycles. The van der Waals surface area contributed by atoms with E-state index in [2.05, 4.69) is 5.32 Å². The summed E-state index contributed by atoms with van der Waals surface area (Å²) < 4.78 is 22.0. The summed E-state index contributed by atoms with van der Waals surface area (Å²) in [5, 5.41) is 11.9. The monoisotopic (exact) mass is 192 g/mol. The van der Waals surface area contributed by atoms with Crippen molar-refractivity contribution >= 4 is 15.9 Å². The molecule has 68 valence electrons. The van der Waals surface area contributed by atoms with Crippen molar-refractivity contribution in [2.75, 3.05) is 11.5 Å². The molecule has 2 amide bonds. The van der Waals surface area contributed by atoms with Crippen molar-refractivity contribution in [3.63, 3.8) is 0 Å². The second kappa shape index (κ2) is 2.11. The van der Waals surface area contributed by atoms with Crippen LogP contribution in [-0.4, -0.2) is 48.3 Å². The predicted molar refractivity (Wildman–Crippen MR) is 38.4 cm³/mol. The van der Waals surface area contributed by atoms with E-state index in [0.717, 1.165) is 0 Å². The standard InChI is InChI=1S/C5H8N2O4S/c8-5-6-3-1-12(10,11)2-4(3)7(5)9/h3-4,9H,1-2H2,(H,6,8). The fourth-order valence-corrected chi connectivity index (χ4v) is 3.47. The van der Waals surface area contributed by atoms with Crippen LogP contribution in [0.25, 0.3) is 0 Å². The molecule has 0 radical (unpaired) electrons. The highest BCUT2D eigenvalue weighted by molar-refractivity contribution is 7.91. The van der Waals surface area contributed by atoms with Crippen molar-refractivity contribution in [3.05, 3.63) is 0 Å². The average Bonchev–Trinajstić information content (AvgIpc) is 2.33. The van der Waals surface area contributed by atoms with Crippen LogP contribution in [0.5, 0.6) is 0 Å². The first-order valence-corrected chi connectivity index (χ1v) is 5.31. The molecule has 7 heteroatoms. The van der Waals surface area contributed by atoms with Crippen molar-refractivity contribution in [2.24, 2.45) is 0 Å². The van der Waals surface area contributed by atoms with Crippen LogP contribution in [0.3, 0.4) is 0 Å². The van der Waals surface area contributed by atoms with E-state index in [4.69, 9.17) is 5.21 Å². The zero-order valence-corrected chi connectivity index (χ0v) is 6.91. The molecule has 12 heavy (non-hydrogen) atoms. The summed E-state index contributed by atoms with van der Waals surface area (Å²) in [6.45, 7) is 0. The molecule has 0 aliphatic carbocycles. The molecule has 2 N–H and O–H groups in total. The lowest BCUT2D eigenvalue weighted by Gasteiger charge is -2.11. The lowest BCUT2D eigenvalue weighted by Crippen LogP contribution is -2.33. The van der Waals surface area contributed by atoms with Gasteiger partial charge in [-0.2, -0.15) is 5.06 Å². The third-order valence-electron chi connectivity index (χ3n) is 2.15. The van der Waals surface area contributed by atoms with Gasteiger partial charge in [-0.15, -0.1) is 0 Å².